The fourth-order valence-electron chi connectivity index (χ4n) is 1.73. The third kappa shape index (κ3) is 6.96. The summed E-state index contributed by atoms with van der Waals surface area (Å²) in [6.07, 6.45) is 2.07. The van der Waals surface area contributed by atoms with Gasteiger partial charge in [-0.3, -0.25) is 4.79 Å². The number of benzene rings is 1. The SMILES string of the molecule is CCCNC(=O)CS(=O)(=O)CCCc1ccccc1. The summed E-state index contributed by atoms with van der Waals surface area (Å²) in [7, 11) is -3.29. The molecule has 0 aliphatic rings. The Hall–Kier alpha value is -1.36. The van der Waals surface area contributed by atoms with E-state index in [0.717, 1.165) is 18.4 Å². The maximum Gasteiger partial charge on any atom is 0.235 e. The van der Waals surface area contributed by atoms with Crippen molar-refractivity contribution in [1.29, 1.82) is 0 Å². The van der Waals surface area contributed by atoms with Gasteiger partial charge in [-0.1, -0.05) is 37.3 Å². The fraction of sp³-hybridized carbons (Fsp3) is 0.500. The van der Waals surface area contributed by atoms with Crippen molar-refractivity contribution in [2.24, 2.45) is 0 Å². The zero-order valence-corrected chi connectivity index (χ0v) is 12.1. The molecule has 5 heteroatoms. The van der Waals surface area contributed by atoms with Crippen LogP contribution in [0, 0.1) is 0 Å². The van der Waals surface area contributed by atoms with Crippen LogP contribution in [0.4, 0.5) is 0 Å². The summed E-state index contributed by atoms with van der Waals surface area (Å²) in [5.41, 5.74) is 1.12. The number of amides is 1. The van der Waals surface area contributed by atoms with Crippen LogP contribution in [0.2, 0.25) is 0 Å². The Balaban J connectivity index is 2.33. The lowest BCUT2D eigenvalue weighted by Gasteiger charge is -2.05. The Labute approximate surface area is 115 Å². The van der Waals surface area contributed by atoms with E-state index in [9.17, 15) is 13.2 Å². The molecule has 1 aromatic carbocycles. The predicted octanol–water partition coefficient (Wildman–Crippen LogP) is 1.56. The molecule has 0 saturated carbocycles. The molecule has 1 rings (SSSR count). The molecule has 0 heterocycles. The van der Waals surface area contributed by atoms with E-state index in [1.54, 1.807) is 0 Å². The topological polar surface area (TPSA) is 63.2 Å². The summed E-state index contributed by atoms with van der Waals surface area (Å²) in [4.78, 5) is 11.4. The van der Waals surface area contributed by atoms with Crippen LogP contribution in [-0.4, -0.2) is 32.4 Å². The molecule has 0 bridgehead atoms. The highest BCUT2D eigenvalue weighted by Crippen LogP contribution is 2.04. The standard InChI is InChI=1S/C14H21NO3S/c1-2-10-15-14(16)12-19(17,18)11-6-9-13-7-4-3-5-8-13/h3-5,7-8H,2,6,9-12H2,1H3,(H,15,16). The van der Waals surface area contributed by atoms with Crippen molar-refractivity contribution in [1.82, 2.24) is 5.32 Å². The Kier molecular flexibility index (Phi) is 6.56. The maximum absolute atomic E-state index is 11.7. The van der Waals surface area contributed by atoms with Crippen LogP contribution in [0.25, 0.3) is 0 Å². The third-order valence-electron chi connectivity index (χ3n) is 2.69. The van der Waals surface area contributed by atoms with E-state index in [4.69, 9.17) is 0 Å². The number of carbonyl (C=O) groups is 1. The van der Waals surface area contributed by atoms with Crippen LogP contribution in [0.15, 0.2) is 30.3 Å². The molecule has 0 aromatic heterocycles. The summed E-state index contributed by atoms with van der Waals surface area (Å²) in [6.45, 7) is 2.45. The van der Waals surface area contributed by atoms with Gasteiger partial charge >= 0.3 is 0 Å². The highest BCUT2D eigenvalue weighted by molar-refractivity contribution is 7.92. The smallest absolute Gasteiger partial charge is 0.235 e. The van der Waals surface area contributed by atoms with Gasteiger partial charge in [0.25, 0.3) is 0 Å². The minimum absolute atomic E-state index is 0.0570. The molecule has 1 amide bonds. The lowest BCUT2D eigenvalue weighted by Crippen LogP contribution is -2.31. The van der Waals surface area contributed by atoms with Crippen molar-refractivity contribution >= 4 is 15.7 Å². The number of carbonyl (C=O) groups excluding carboxylic acids is 1. The second-order valence-corrected chi connectivity index (χ2v) is 6.72. The van der Waals surface area contributed by atoms with Gasteiger partial charge in [0.05, 0.1) is 5.75 Å². The lowest BCUT2D eigenvalue weighted by molar-refractivity contribution is -0.118. The van der Waals surface area contributed by atoms with Gasteiger partial charge in [0, 0.05) is 6.54 Å². The quantitative estimate of drug-likeness (QED) is 0.787. The number of sulfone groups is 1. The van der Waals surface area contributed by atoms with Gasteiger partial charge in [0.15, 0.2) is 9.84 Å². The van der Waals surface area contributed by atoms with Crippen LogP contribution in [0.5, 0.6) is 0 Å². The number of nitrogens with one attached hydrogen (secondary N) is 1. The van der Waals surface area contributed by atoms with Crippen molar-refractivity contribution in [3.8, 4) is 0 Å². The van der Waals surface area contributed by atoms with E-state index in [1.807, 2.05) is 37.3 Å². The second kappa shape index (κ2) is 7.94. The van der Waals surface area contributed by atoms with Crippen molar-refractivity contribution in [3.63, 3.8) is 0 Å². The molecule has 1 N–H and O–H groups in total. The van der Waals surface area contributed by atoms with E-state index < -0.39 is 21.5 Å². The zero-order chi connectivity index (χ0) is 14.1. The molecule has 0 radical (unpaired) electrons. The van der Waals surface area contributed by atoms with Gasteiger partial charge in [-0.15, -0.1) is 0 Å². The van der Waals surface area contributed by atoms with Gasteiger partial charge in [0.2, 0.25) is 5.91 Å². The van der Waals surface area contributed by atoms with Gasteiger partial charge < -0.3 is 5.32 Å². The van der Waals surface area contributed by atoms with Crippen LogP contribution < -0.4 is 5.32 Å². The Morgan fingerprint density at radius 1 is 1.21 bits per heavy atom. The predicted molar refractivity (Wildman–Crippen MR) is 76.7 cm³/mol. The number of hydrogen-bond donors (Lipinski definition) is 1. The van der Waals surface area contributed by atoms with Gasteiger partial charge in [-0.25, -0.2) is 8.42 Å². The average Bonchev–Trinajstić information content (AvgIpc) is 2.37. The monoisotopic (exact) mass is 283 g/mol. The van der Waals surface area contributed by atoms with E-state index in [0.29, 0.717) is 13.0 Å². The minimum Gasteiger partial charge on any atom is -0.355 e. The molecule has 1 aromatic rings. The van der Waals surface area contributed by atoms with Crippen molar-refractivity contribution in [2.45, 2.75) is 26.2 Å². The number of hydrogen-bond acceptors (Lipinski definition) is 3. The Morgan fingerprint density at radius 2 is 1.89 bits per heavy atom. The van der Waals surface area contributed by atoms with E-state index >= 15 is 0 Å². The van der Waals surface area contributed by atoms with Gasteiger partial charge in [-0.05, 0) is 24.8 Å². The number of rotatable bonds is 8. The lowest BCUT2D eigenvalue weighted by atomic mass is 10.1. The van der Waals surface area contributed by atoms with E-state index in [1.165, 1.54) is 0 Å². The highest BCUT2D eigenvalue weighted by Gasteiger charge is 2.15. The summed E-state index contributed by atoms with van der Waals surface area (Å²) in [5.74, 6) is -0.745. The van der Waals surface area contributed by atoms with Crippen LogP contribution >= 0.6 is 0 Å². The van der Waals surface area contributed by atoms with E-state index in [-0.39, 0.29) is 5.75 Å². The van der Waals surface area contributed by atoms with Gasteiger partial charge in [0.1, 0.15) is 5.75 Å². The molecule has 0 fully saturated rings. The molecular weight excluding hydrogens is 262 g/mol. The first-order chi connectivity index (χ1) is 9.03. The summed E-state index contributed by atoms with van der Waals surface area (Å²) in [6, 6.07) is 9.74. The van der Waals surface area contributed by atoms with Crippen molar-refractivity contribution in [3.05, 3.63) is 35.9 Å². The van der Waals surface area contributed by atoms with Gasteiger partial charge in [-0.2, -0.15) is 0 Å². The summed E-state index contributed by atoms with van der Waals surface area (Å²) >= 11 is 0. The molecule has 4 nitrogen and oxygen atoms in total. The maximum atomic E-state index is 11.7. The molecule has 0 spiro atoms. The Bertz CT molecular complexity index is 483. The summed E-state index contributed by atoms with van der Waals surface area (Å²) in [5, 5.41) is 2.58. The molecule has 19 heavy (non-hydrogen) atoms. The first-order valence-electron chi connectivity index (χ1n) is 6.54. The third-order valence-corrected chi connectivity index (χ3v) is 4.30. The zero-order valence-electron chi connectivity index (χ0n) is 11.3. The summed E-state index contributed by atoms with van der Waals surface area (Å²) < 4.78 is 23.5. The fourth-order valence-corrected chi connectivity index (χ4v) is 2.96. The first-order valence-corrected chi connectivity index (χ1v) is 8.36. The van der Waals surface area contributed by atoms with E-state index in [2.05, 4.69) is 5.32 Å². The minimum atomic E-state index is -3.29. The average molecular weight is 283 g/mol. The largest absolute Gasteiger partial charge is 0.355 e. The molecular formula is C14H21NO3S. The molecule has 0 aliphatic heterocycles. The highest BCUT2D eigenvalue weighted by atomic mass is 32.2. The molecule has 0 atom stereocenters. The van der Waals surface area contributed by atoms with Crippen LogP contribution in [-0.2, 0) is 21.1 Å². The number of aryl methyl sites for hydroxylation is 1. The van der Waals surface area contributed by atoms with Crippen molar-refractivity contribution < 1.29 is 13.2 Å². The molecule has 0 saturated heterocycles. The second-order valence-electron chi connectivity index (χ2n) is 4.53. The normalized spacial score (nSPS) is 11.2. The Morgan fingerprint density at radius 3 is 2.53 bits per heavy atom. The molecule has 106 valence electrons. The molecule has 0 aliphatic carbocycles. The van der Waals surface area contributed by atoms with Crippen LogP contribution in [0.3, 0.4) is 0 Å². The van der Waals surface area contributed by atoms with Crippen molar-refractivity contribution in [2.75, 3.05) is 18.1 Å². The van der Waals surface area contributed by atoms with Crippen LogP contribution in [0.1, 0.15) is 25.3 Å². The molecule has 0 unspecified atom stereocenters. The first kappa shape index (κ1) is 15.7.